The first kappa shape index (κ1) is 11.5. The van der Waals surface area contributed by atoms with Crippen LogP contribution in [0.5, 0.6) is 5.75 Å². The number of nitrogens with one attached hydrogen (secondary N) is 1. The fraction of sp³-hybridized carbons (Fsp3) is 0.571. The number of hydrogen-bond donors (Lipinski definition) is 2. The van der Waals surface area contributed by atoms with Gasteiger partial charge < -0.3 is 10.4 Å². The van der Waals surface area contributed by atoms with Gasteiger partial charge in [0.25, 0.3) is 0 Å². The molecule has 1 saturated carbocycles. The van der Waals surface area contributed by atoms with E-state index in [1.807, 2.05) is 12.1 Å². The van der Waals surface area contributed by atoms with E-state index in [-0.39, 0.29) is 0 Å². The Morgan fingerprint density at radius 2 is 2.00 bits per heavy atom. The Bertz CT molecular complexity index is 320. The summed E-state index contributed by atoms with van der Waals surface area (Å²) >= 11 is 0. The van der Waals surface area contributed by atoms with Crippen molar-refractivity contribution in [1.82, 2.24) is 5.32 Å². The van der Waals surface area contributed by atoms with E-state index >= 15 is 0 Å². The molecule has 2 atom stereocenters. The van der Waals surface area contributed by atoms with E-state index in [0.717, 1.165) is 12.3 Å². The van der Waals surface area contributed by atoms with Crippen LogP contribution in [-0.4, -0.2) is 18.2 Å². The van der Waals surface area contributed by atoms with E-state index in [0.29, 0.717) is 11.8 Å². The number of phenols is 1. The molecule has 1 fully saturated rings. The molecule has 2 rings (SSSR count). The maximum Gasteiger partial charge on any atom is 0.115 e. The zero-order valence-corrected chi connectivity index (χ0v) is 9.95. The molecule has 1 aliphatic rings. The van der Waals surface area contributed by atoms with Crippen LogP contribution in [0.3, 0.4) is 0 Å². The molecular weight excluding hydrogens is 198 g/mol. The van der Waals surface area contributed by atoms with Crippen LogP contribution in [0, 0.1) is 5.92 Å². The first-order chi connectivity index (χ1) is 7.78. The van der Waals surface area contributed by atoms with Crippen molar-refractivity contribution in [3.63, 3.8) is 0 Å². The number of rotatable bonds is 3. The van der Waals surface area contributed by atoms with Gasteiger partial charge in [0.15, 0.2) is 0 Å². The lowest BCUT2D eigenvalue weighted by Crippen LogP contribution is -2.31. The van der Waals surface area contributed by atoms with Gasteiger partial charge in [0, 0.05) is 6.04 Å². The van der Waals surface area contributed by atoms with Crippen molar-refractivity contribution < 1.29 is 5.11 Å². The summed E-state index contributed by atoms with van der Waals surface area (Å²) in [6.07, 6.45) is 6.45. The van der Waals surface area contributed by atoms with E-state index in [4.69, 9.17) is 0 Å². The van der Waals surface area contributed by atoms with Crippen molar-refractivity contribution in [2.45, 2.75) is 38.1 Å². The SMILES string of the molecule is CNC1CCCC(Cc2ccc(O)cc2)C1. The normalized spacial score (nSPS) is 25.6. The molecule has 1 aromatic rings. The third-order valence-corrected chi connectivity index (χ3v) is 3.65. The second-order valence-corrected chi connectivity index (χ2v) is 4.89. The molecule has 1 aliphatic carbocycles. The molecule has 0 heterocycles. The number of benzene rings is 1. The molecule has 0 aliphatic heterocycles. The van der Waals surface area contributed by atoms with Crippen LogP contribution in [0.15, 0.2) is 24.3 Å². The van der Waals surface area contributed by atoms with E-state index in [9.17, 15) is 5.11 Å². The molecule has 2 nitrogen and oxygen atoms in total. The highest BCUT2D eigenvalue weighted by atomic mass is 16.3. The lowest BCUT2D eigenvalue weighted by Gasteiger charge is -2.28. The fourth-order valence-electron chi connectivity index (χ4n) is 2.70. The molecular formula is C14H21NO. The first-order valence-corrected chi connectivity index (χ1v) is 6.23. The summed E-state index contributed by atoms with van der Waals surface area (Å²) < 4.78 is 0. The topological polar surface area (TPSA) is 32.3 Å². The summed E-state index contributed by atoms with van der Waals surface area (Å²) in [6, 6.07) is 8.36. The lowest BCUT2D eigenvalue weighted by atomic mass is 9.82. The standard InChI is InChI=1S/C14H21NO/c1-15-13-4-2-3-12(10-13)9-11-5-7-14(16)8-6-11/h5-8,12-13,15-16H,2-4,9-10H2,1H3. The largest absolute Gasteiger partial charge is 0.508 e. The van der Waals surface area contributed by atoms with Gasteiger partial charge in [-0.2, -0.15) is 0 Å². The van der Waals surface area contributed by atoms with Crippen LogP contribution >= 0.6 is 0 Å². The van der Waals surface area contributed by atoms with Crippen LogP contribution in [0.4, 0.5) is 0 Å². The average Bonchev–Trinajstić information content (AvgIpc) is 2.32. The molecule has 0 spiro atoms. The maximum absolute atomic E-state index is 9.23. The second-order valence-electron chi connectivity index (χ2n) is 4.89. The average molecular weight is 219 g/mol. The van der Waals surface area contributed by atoms with Gasteiger partial charge in [-0.1, -0.05) is 25.0 Å². The third-order valence-electron chi connectivity index (χ3n) is 3.65. The molecule has 0 saturated heterocycles. The van der Waals surface area contributed by atoms with Crippen LogP contribution < -0.4 is 5.32 Å². The molecule has 0 aromatic heterocycles. The molecule has 0 amide bonds. The number of hydrogen-bond acceptors (Lipinski definition) is 2. The molecule has 0 bridgehead atoms. The Morgan fingerprint density at radius 1 is 1.25 bits per heavy atom. The summed E-state index contributed by atoms with van der Waals surface area (Å²) in [5.41, 5.74) is 1.35. The summed E-state index contributed by atoms with van der Waals surface area (Å²) in [4.78, 5) is 0. The Labute approximate surface area is 97.7 Å². The van der Waals surface area contributed by atoms with Gasteiger partial charge in [0.2, 0.25) is 0 Å². The van der Waals surface area contributed by atoms with Gasteiger partial charge in [-0.15, -0.1) is 0 Å². The van der Waals surface area contributed by atoms with Gasteiger partial charge in [-0.05, 0) is 49.9 Å². The predicted molar refractivity (Wildman–Crippen MR) is 66.6 cm³/mol. The van der Waals surface area contributed by atoms with Gasteiger partial charge in [0.05, 0.1) is 0 Å². The minimum Gasteiger partial charge on any atom is -0.508 e. The second kappa shape index (κ2) is 5.35. The maximum atomic E-state index is 9.23. The molecule has 1 aromatic carbocycles. The summed E-state index contributed by atoms with van der Waals surface area (Å²) in [6.45, 7) is 0. The number of aromatic hydroxyl groups is 1. The van der Waals surface area contributed by atoms with Crippen molar-refractivity contribution in [1.29, 1.82) is 0 Å². The zero-order valence-electron chi connectivity index (χ0n) is 9.95. The first-order valence-electron chi connectivity index (χ1n) is 6.23. The quantitative estimate of drug-likeness (QED) is 0.819. The van der Waals surface area contributed by atoms with E-state index < -0.39 is 0 Å². The highest BCUT2D eigenvalue weighted by molar-refractivity contribution is 5.26. The molecule has 88 valence electrons. The summed E-state index contributed by atoms with van der Waals surface area (Å²) in [5.74, 6) is 1.16. The van der Waals surface area contributed by atoms with E-state index in [1.54, 1.807) is 12.1 Å². The highest BCUT2D eigenvalue weighted by Gasteiger charge is 2.20. The van der Waals surface area contributed by atoms with Gasteiger partial charge in [0.1, 0.15) is 5.75 Å². The Morgan fingerprint density at radius 3 is 2.69 bits per heavy atom. The summed E-state index contributed by atoms with van der Waals surface area (Å²) in [5, 5.41) is 12.6. The monoisotopic (exact) mass is 219 g/mol. The smallest absolute Gasteiger partial charge is 0.115 e. The molecule has 16 heavy (non-hydrogen) atoms. The lowest BCUT2D eigenvalue weighted by molar-refractivity contribution is 0.294. The van der Waals surface area contributed by atoms with Crippen molar-refractivity contribution in [3.8, 4) is 5.75 Å². The predicted octanol–water partition coefficient (Wildman–Crippen LogP) is 2.71. The third kappa shape index (κ3) is 2.99. The van der Waals surface area contributed by atoms with Crippen molar-refractivity contribution in [2.75, 3.05) is 7.05 Å². The minimum atomic E-state index is 0.362. The zero-order chi connectivity index (χ0) is 11.4. The van der Waals surface area contributed by atoms with Gasteiger partial charge in [-0.3, -0.25) is 0 Å². The highest BCUT2D eigenvalue weighted by Crippen LogP contribution is 2.27. The molecule has 2 unspecified atom stereocenters. The molecule has 2 heteroatoms. The van der Waals surface area contributed by atoms with Crippen molar-refractivity contribution >= 4 is 0 Å². The van der Waals surface area contributed by atoms with E-state index in [2.05, 4.69) is 12.4 Å². The van der Waals surface area contributed by atoms with Crippen LogP contribution in [0.2, 0.25) is 0 Å². The molecule has 0 radical (unpaired) electrons. The van der Waals surface area contributed by atoms with Crippen LogP contribution in [0.25, 0.3) is 0 Å². The van der Waals surface area contributed by atoms with Gasteiger partial charge >= 0.3 is 0 Å². The van der Waals surface area contributed by atoms with Crippen LogP contribution in [0.1, 0.15) is 31.2 Å². The Balaban J connectivity index is 1.91. The van der Waals surface area contributed by atoms with Gasteiger partial charge in [-0.25, -0.2) is 0 Å². The minimum absolute atomic E-state index is 0.362. The van der Waals surface area contributed by atoms with Crippen LogP contribution in [-0.2, 0) is 6.42 Å². The Hall–Kier alpha value is -1.02. The van der Waals surface area contributed by atoms with E-state index in [1.165, 1.54) is 31.2 Å². The Kier molecular flexibility index (Phi) is 3.83. The van der Waals surface area contributed by atoms with Crippen molar-refractivity contribution in [3.05, 3.63) is 29.8 Å². The van der Waals surface area contributed by atoms with Crippen molar-refractivity contribution in [2.24, 2.45) is 5.92 Å². The fourth-order valence-corrected chi connectivity index (χ4v) is 2.70. The molecule has 2 N–H and O–H groups in total. The number of phenolic OH excluding ortho intramolecular Hbond substituents is 1. The summed E-state index contributed by atoms with van der Waals surface area (Å²) in [7, 11) is 2.06.